The van der Waals surface area contributed by atoms with Gasteiger partial charge in [-0.25, -0.2) is 14.4 Å². The summed E-state index contributed by atoms with van der Waals surface area (Å²) in [5.41, 5.74) is 1.20. The highest BCUT2D eigenvalue weighted by Crippen LogP contribution is 2.35. The lowest BCUT2D eigenvalue weighted by atomic mass is 10.0. The number of aromatic nitrogens is 2. The third-order valence-electron chi connectivity index (χ3n) is 4.76. The van der Waals surface area contributed by atoms with Crippen molar-refractivity contribution in [3.05, 3.63) is 47.7 Å². The highest BCUT2D eigenvalue weighted by atomic mass is 35.5. The van der Waals surface area contributed by atoms with Crippen molar-refractivity contribution in [2.75, 3.05) is 25.6 Å². The zero-order valence-electron chi connectivity index (χ0n) is 17.5. The van der Waals surface area contributed by atoms with Crippen LogP contribution in [0.3, 0.4) is 0 Å². The minimum absolute atomic E-state index is 0. The second-order valence-electron chi connectivity index (χ2n) is 6.89. The first-order valence-electron chi connectivity index (χ1n) is 9.61. The van der Waals surface area contributed by atoms with Crippen LogP contribution in [-0.4, -0.2) is 80.7 Å². The van der Waals surface area contributed by atoms with Crippen LogP contribution in [0.2, 0.25) is 5.02 Å². The van der Waals surface area contributed by atoms with Gasteiger partial charge in [-0.3, -0.25) is 0 Å². The van der Waals surface area contributed by atoms with Gasteiger partial charge in [0.25, 0.3) is 0 Å². The van der Waals surface area contributed by atoms with Crippen molar-refractivity contribution in [2.45, 2.75) is 24.5 Å². The number of anilines is 2. The molecule has 0 aliphatic carbocycles. The molecule has 33 heavy (non-hydrogen) atoms. The van der Waals surface area contributed by atoms with E-state index in [0.717, 1.165) is 5.69 Å². The molecule has 0 unspecified atom stereocenters. The van der Waals surface area contributed by atoms with Crippen LogP contribution in [0.1, 0.15) is 0 Å². The predicted molar refractivity (Wildman–Crippen MR) is 120 cm³/mol. The molecule has 0 aliphatic rings. The first kappa shape index (κ1) is 26.5. The largest absolute Gasteiger partial charge is 0.493 e. The first-order chi connectivity index (χ1) is 15.4. The molecule has 0 spiro atoms. The number of nitrogens with zero attached hydrogens (tertiary/aromatic N) is 2. The van der Waals surface area contributed by atoms with E-state index in [1.165, 1.54) is 19.5 Å². The number of ether oxygens (including phenoxy) is 2. The maximum atomic E-state index is 13.6. The Morgan fingerprint density at radius 1 is 1.03 bits per heavy atom. The Balaban J connectivity index is 0.00000385. The van der Waals surface area contributed by atoms with Crippen LogP contribution in [0.15, 0.2) is 42.7 Å². The summed E-state index contributed by atoms with van der Waals surface area (Å²) in [6.45, 7) is -1.72. The van der Waals surface area contributed by atoms with E-state index >= 15 is 0 Å². The van der Waals surface area contributed by atoms with E-state index in [9.17, 15) is 19.7 Å². The average Bonchev–Trinajstić information content (AvgIpc) is 2.82. The van der Waals surface area contributed by atoms with Crippen molar-refractivity contribution in [1.29, 1.82) is 0 Å². The maximum Gasteiger partial charge on any atom is 0.164 e. The number of hydrogen-bond acceptors (Lipinski definition) is 9. The lowest BCUT2D eigenvalue weighted by Crippen LogP contribution is -2.48. The number of rotatable bonds is 10. The zero-order valence-corrected chi connectivity index (χ0v) is 18.3. The molecule has 12 heteroatoms. The Kier molecular flexibility index (Phi) is 9.53. The molecular formula is C21H25ClFN3O7. The Bertz CT molecular complexity index is 1040. The summed E-state index contributed by atoms with van der Waals surface area (Å²) in [5, 5.41) is 42.8. The third-order valence-corrected chi connectivity index (χ3v) is 5.01. The Labute approximate surface area is 193 Å². The summed E-state index contributed by atoms with van der Waals surface area (Å²) in [6, 6.07) is 10.1. The van der Waals surface area contributed by atoms with Gasteiger partial charge in [0.15, 0.2) is 23.8 Å². The van der Waals surface area contributed by atoms with Crippen LogP contribution in [0.25, 0.3) is 10.9 Å². The van der Waals surface area contributed by atoms with Gasteiger partial charge in [-0.2, -0.15) is 0 Å². The standard InChI is InChI=1S/C21H23ClFN3O6.H2O/c1-31-16-6-13-15(24-10-25-21(13)26-12-4-2-11(22)3-5-12)7-17(16)32-18(9-28)20(30)19(29)14(23)8-27;/h2-7,10,14,18-20,27-30H,8-9H2,1H3,(H,24,25,26);1H2/t14-,18-,19+,20+;/m1./s1. The van der Waals surface area contributed by atoms with Crippen molar-refractivity contribution in [3.8, 4) is 11.5 Å². The molecule has 1 heterocycles. The molecule has 0 saturated carbocycles. The molecule has 0 amide bonds. The number of aliphatic hydroxyl groups is 4. The predicted octanol–water partition coefficient (Wildman–Crippen LogP) is 1.00. The van der Waals surface area contributed by atoms with Gasteiger partial charge in [0.2, 0.25) is 0 Å². The van der Waals surface area contributed by atoms with Crippen molar-refractivity contribution >= 4 is 34.0 Å². The fraction of sp³-hybridized carbons (Fsp3) is 0.333. The smallest absolute Gasteiger partial charge is 0.164 e. The molecule has 0 saturated heterocycles. The summed E-state index contributed by atoms with van der Waals surface area (Å²) in [5.74, 6) is 0.811. The van der Waals surface area contributed by atoms with Gasteiger partial charge in [-0.1, -0.05) is 11.6 Å². The number of fused-ring (bicyclic) bond motifs is 1. The summed E-state index contributed by atoms with van der Waals surface area (Å²) in [7, 11) is 1.40. The van der Waals surface area contributed by atoms with E-state index in [1.807, 2.05) is 0 Å². The minimum Gasteiger partial charge on any atom is -0.493 e. The normalized spacial score (nSPS) is 14.6. The molecule has 3 aromatic rings. The molecule has 4 atom stereocenters. The second-order valence-corrected chi connectivity index (χ2v) is 7.33. The molecule has 1 aromatic heterocycles. The average molecular weight is 486 g/mol. The maximum absolute atomic E-state index is 13.6. The molecule has 0 radical (unpaired) electrons. The summed E-state index contributed by atoms with van der Waals surface area (Å²) in [4.78, 5) is 8.47. The van der Waals surface area contributed by atoms with Crippen LogP contribution in [0, 0.1) is 0 Å². The number of methoxy groups -OCH3 is 1. The fourth-order valence-corrected chi connectivity index (χ4v) is 3.13. The lowest BCUT2D eigenvalue weighted by molar-refractivity contribution is -0.0981. The molecule has 180 valence electrons. The van der Waals surface area contributed by atoms with Crippen LogP contribution in [0.5, 0.6) is 11.5 Å². The van der Waals surface area contributed by atoms with Crippen LogP contribution >= 0.6 is 11.6 Å². The van der Waals surface area contributed by atoms with Gasteiger partial charge in [-0.15, -0.1) is 0 Å². The van der Waals surface area contributed by atoms with Crippen molar-refractivity contribution < 1.29 is 39.8 Å². The monoisotopic (exact) mass is 485 g/mol. The van der Waals surface area contributed by atoms with Crippen molar-refractivity contribution in [1.82, 2.24) is 9.97 Å². The Hall–Kier alpha value is -2.80. The van der Waals surface area contributed by atoms with E-state index in [1.54, 1.807) is 30.3 Å². The summed E-state index contributed by atoms with van der Waals surface area (Å²) < 4.78 is 24.5. The number of benzene rings is 2. The van der Waals surface area contributed by atoms with Crippen LogP contribution in [0.4, 0.5) is 15.9 Å². The van der Waals surface area contributed by atoms with Crippen LogP contribution in [-0.2, 0) is 0 Å². The van der Waals surface area contributed by atoms with E-state index in [0.29, 0.717) is 21.7 Å². The summed E-state index contributed by atoms with van der Waals surface area (Å²) >= 11 is 5.92. The van der Waals surface area contributed by atoms with E-state index < -0.39 is 37.7 Å². The number of alkyl halides is 1. The number of nitrogens with one attached hydrogen (secondary N) is 1. The zero-order chi connectivity index (χ0) is 23.3. The van der Waals surface area contributed by atoms with Crippen molar-refractivity contribution in [2.24, 2.45) is 0 Å². The molecule has 7 N–H and O–H groups in total. The SMILES string of the molecule is COc1cc2c(Nc3ccc(Cl)cc3)ncnc2cc1O[C@H](CO)[C@H](O)[C@@H](O)[C@H](F)CO.O. The highest BCUT2D eigenvalue weighted by Gasteiger charge is 2.34. The highest BCUT2D eigenvalue weighted by molar-refractivity contribution is 6.30. The van der Waals surface area contributed by atoms with Gasteiger partial charge in [-0.05, 0) is 30.3 Å². The number of hydrogen-bond donors (Lipinski definition) is 5. The fourth-order valence-electron chi connectivity index (χ4n) is 3.01. The molecule has 0 aliphatic heterocycles. The molecule has 0 bridgehead atoms. The number of aliphatic hydroxyl groups excluding tert-OH is 4. The minimum atomic E-state index is -2.10. The first-order valence-corrected chi connectivity index (χ1v) is 9.99. The Morgan fingerprint density at radius 2 is 1.73 bits per heavy atom. The van der Waals surface area contributed by atoms with E-state index in [2.05, 4.69) is 15.3 Å². The van der Waals surface area contributed by atoms with Crippen molar-refractivity contribution in [3.63, 3.8) is 0 Å². The molecule has 3 rings (SSSR count). The Morgan fingerprint density at radius 3 is 2.33 bits per heavy atom. The van der Waals surface area contributed by atoms with Crippen LogP contribution < -0.4 is 14.8 Å². The van der Waals surface area contributed by atoms with Gasteiger partial charge in [0.1, 0.15) is 24.4 Å². The molecule has 2 aromatic carbocycles. The van der Waals surface area contributed by atoms with Gasteiger partial charge < -0.3 is 40.7 Å². The van der Waals surface area contributed by atoms with E-state index in [-0.39, 0.29) is 17.0 Å². The van der Waals surface area contributed by atoms with E-state index in [4.69, 9.17) is 26.2 Å². The van der Waals surface area contributed by atoms with Gasteiger partial charge >= 0.3 is 0 Å². The molecule has 0 fully saturated rings. The number of halogens is 2. The lowest BCUT2D eigenvalue weighted by Gasteiger charge is -2.28. The topological polar surface area (TPSA) is 169 Å². The van der Waals surface area contributed by atoms with Gasteiger partial charge in [0.05, 0.1) is 25.8 Å². The second kappa shape index (κ2) is 11.9. The van der Waals surface area contributed by atoms with Gasteiger partial charge in [0, 0.05) is 22.2 Å². The molecular weight excluding hydrogens is 461 g/mol. The third kappa shape index (κ3) is 6.16. The molecule has 10 nitrogen and oxygen atoms in total. The quantitative estimate of drug-likeness (QED) is 0.281. The summed E-state index contributed by atoms with van der Waals surface area (Å²) in [6.07, 6.45) is -5.92.